The first-order valence-electron chi connectivity index (χ1n) is 4.52. The molecule has 0 aromatic carbocycles. The zero-order valence-corrected chi connectivity index (χ0v) is 8.51. The summed E-state index contributed by atoms with van der Waals surface area (Å²) in [5, 5.41) is 3.11. The number of hydrogen-bond donors (Lipinski definition) is 1. The maximum atomic E-state index is 5.50. The third-order valence-corrected chi connectivity index (χ3v) is 3.28. The molecule has 0 bridgehead atoms. The second-order valence-electron chi connectivity index (χ2n) is 3.37. The van der Waals surface area contributed by atoms with Gasteiger partial charge in [0.15, 0.2) is 0 Å². The summed E-state index contributed by atoms with van der Waals surface area (Å²) in [6.45, 7) is 0.525. The summed E-state index contributed by atoms with van der Waals surface area (Å²) >= 11 is 1.66. The fourth-order valence-electron chi connectivity index (χ4n) is 1.44. The predicted octanol–water partition coefficient (Wildman–Crippen LogP) is 1.70. The van der Waals surface area contributed by atoms with E-state index in [2.05, 4.69) is 4.98 Å². The van der Waals surface area contributed by atoms with Crippen molar-refractivity contribution >= 4 is 11.3 Å². The van der Waals surface area contributed by atoms with Gasteiger partial charge >= 0.3 is 0 Å². The number of hydrogen-bond acceptors (Lipinski definition) is 4. The van der Waals surface area contributed by atoms with Gasteiger partial charge in [0.2, 0.25) is 0 Å². The summed E-state index contributed by atoms with van der Waals surface area (Å²) in [5.74, 6) is 0.696. The molecule has 4 heteroatoms. The highest BCUT2D eigenvalue weighted by atomic mass is 32.1. The Balaban J connectivity index is 2.12. The predicted molar refractivity (Wildman–Crippen MR) is 52.5 cm³/mol. The van der Waals surface area contributed by atoms with Crippen molar-refractivity contribution in [2.75, 3.05) is 7.11 Å². The number of thiazole rings is 1. The van der Waals surface area contributed by atoms with Crippen molar-refractivity contribution in [2.45, 2.75) is 25.5 Å². The minimum Gasteiger partial charge on any atom is -0.374 e. The standard InChI is InChI=1S/C9H14N2OS/c1-12-8(6-2-3-6)9-11-7(4-10)5-13-9/h5-6,8H,2-4,10H2,1H3. The van der Waals surface area contributed by atoms with Gasteiger partial charge in [-0.3, -0.25) is 0 Å². The minimum atomic E-state index is 0.213. The maximum Gasteiger partial charge on any atom is 0.122 e. The molecule has 1 aliphatic carbocycles. The van der Waals surface area contributed by atoms with Crippen LogP contribution in [0.25, 0.3) is 0 Å². The number of nitrogens with two attached hydrogens (primary N) is 1. The summed E-state index contributed by atoms with van der Waals surface area (Å²) in [6, 6.07) is 0. The monoisotopic (exact) mass is 198 g/mol. The smallest absolute Gasteiger partial charge is 0.122 e. The van der Waals surface area contributed by atoms with E-state index < -0.39 is 0 Å². The summed E-state index contributed by atoms with van der Waals surface area (Å²) in [4.78, 5) is 4.43. The van der Waals surface area contributed by atoms with Gasteiger partial charge in [0.25, 0.3) is 0 Å². The second kappa shape index (κ2) is 3.74. The molecule has 2 N–H and O–H groups in total. The quantitative estimate of drug-likeness (QED) is 0.801. The Hall–Kier alpha value is -0.450. The molecule has 1 unspecified atom stereocenters. The Kier molecular flexibility index (Phi) is 2.62. The second-order valence-corrected chi connectivity index (χ2v) is 4.26. The molecule has 72 valence electrons. The SMILES string of the molecule is COC(c1nc(CN)cs1)C1CC1. The highest BCUT2D eigenvalue weighted by Crippen LogP contribution is 2.43. The highest BCUT2D eigenvalue weighted by molar-refractivity contribution is 7.09. The first-order chi connectivity index (χ1) is 6.35. The third-order valence-electron chi connectivity index (χ3n) is 2.33. The highest BCUT2D eigenvalue weighted by Gasteiger charge is 2.34. The van der Waals surface area contributed by atoms with E-state index in [4.69, 9.17) is 10.5 Å². The lowest BCUT2D eigenvalue weighted by molar-refractivity contribution is 0.0842. The summed E-state index contributed by atoms with van der Waals surface area (Å²) in [5.41, 5.74) is 6.47. The minimum absolute atomic E-state index is 0.213. The van der Waals surface area contributed by atoms with Crippen LogP contribution in [0.2, 0.25) is 0 Å². The fraction of sp³-hybridized carbons (Fsp3) is 0.667. The summed E-state index contributed by atoms with van der Waals surface area (Å²) < 4.78 is 5.43. The van der Waals surface area contributed by atoms with Gasteiger partial charge in [-0.05, 0) is 18.8 Å². The van der Waals surface area contributed by atoms with Gasteiger partial charge in [0, 0.05) is 19.0 Å². The van der Waals surface area contributed by atoms with Crippen LogP contribution in [0, 0.1) is 5.92 Å². The van der Waals surface area contributed by atoms with Crippen LogP contribution >= 0.6 is 11.3 Å². The molecule has 1 fully saturated rings. The zero-order chi connectivity index (χ0) is 9.26. The molecule has 1 heterocycles. The van der Waals surface area contributed by atoms with Gasteiger partial charge in [-0.15, -0.1) is 11.3 Å². The molecule has 1 atom stereocenters. The Bertz CT molecular complexity index is 283. The summed E-state index contributed by atoms with van der Waals surface area (Å²) in [6.07, 6.45) is 2.76. The van der Waals surface area contributed by atoms with Crippen molar-refractivity contribution in [3.8, 4) is 0 Å². The largest absolute Gasteiger partial charge is 0.374 e. The first-order valence-corrected chi connectivity index (χ1v) is 5.40. The number of ether oxygens (including phenoxy) is 1. The molecule has 1 aromatic heterocycles. The molecule has 1 aliphatic rings. The lowest BCUT2D eigenvalue weighted by Crippen LogP contribution is -2.04. The molecule has 2 rings (SSSR count). The average Bonchev–Trinajstić information content (AvgIpc) is 2.85. The lowest BCUT2D eigenvalue weighted by atomic mass is 10.2. The van der Waals surface area contributed by atoms with E-state index in [0.717, 1.165) is 10.7 Å². The van der Waals surface area contributed by atoms with Gasteiger partial charge < -0.3 is 10.5 Å². The van der Waals surface area contributed by atoms with Crippen molar-refractivity contribution in [2.24, 2.45) is 11.7 Å². The van der Waals surface area contributed by atoms with Crippen molar-refractivity contribution in [3.05, 3.63) is 16.1 Å². The van der Waals surface area contributed by atoms with Crippen molar-refractivity contribution < 1.29 is 4.74 Å². The van der Waals surface area contributed by atoms with E-state index in [0.29, 0.717) is 12.5 Å². The molecule has 3 nitrogen and oxygen atoms in total. The Labute approximate surface area is 81.9 Å². The van der Waals surface area contributed by atoms with E-state index in [9.17, 15) is 0 Å². The van der Waals surface area contributed by atoms with Crippen LogP contribution in [0.5, 0.6) is 0 Å². The van der Waals surface area contributed by atoms with E-state index in [-0.39, 0.29) is 6.10 Å². The molecule has 1 saturated carbocycles. The normalized spacial score (nSPS) is 18.9. The number of methoxy groups -OCH3 is 1. The van der Waals surface area contributed by atoms with E-state index in [1.54, 1.807) is 18.4 Å². The van der Waals surface area contributed by atoms with Gasteiger partial charge in [-0.2, -0.15) is 0 Å². The van der Waals surface area contributed by atoms with Crippen LogP contribution in [0.1, 0.15) is 29.6 Å². The Morgan fingerprint density at radius 2 is 2.54 bits per heavy atom. The van der Waals surface area contributed by atoms with Crippen LogP contribution in [0.15, 0.2) is 5.38 Å². The summed E-state index contributed by atoms with van der Waals surface area (Å²) in [7, 11) is 1.76. The van der Waals surface area contributed by atoms with Gasteiger partial charge in [-0.25, -0.2) is 4.98 Å². The maximum absolute atomic E-state index is 5.50. The molecule has 0 radical (unpaired) electrons. The molecule has 0 spiro atoms. The van der Waals surface area contributed by atoms with E-state index in [1.165, 1.54) is 12.8 Å². The fourth-order valence-corrected chi connectivity index (χ4v) is 2.44. The van der Waals surface area contributed by atoms with Gasteiger partial charge in [0.1, 0.15) is 11.1 Å². The van der Waals surface area contributed by atoms with Gasteiger partial charge in [-0.1, -0.05) is 0 Å². The topological polar surface area (TPSA) is 48.1 Å². The molecule has 1 aromatic rings. The third kappa shape index (κ3) is 1.90. The van der Waals surface area contributed by atoms with Crippen LogP contribution < -0.4 is 5.73 Å². The Morgan fingerprint density at radius 1 is 1.77 bits per heavy atom. The molecule has 0 amide bonds. The number of rotatable bonds is 4. The van der Waals surface area contributed by atoms with Gasteiger partial charge in [0.05, 0.1) is 5.69 Å². The molecule has 0 aliphatic heterocycles. The van der Waals surface area contributed by atoms with Crippen LogP contribution in [-0.4, -0.2) is 12.1 Å². The van der Waals surface area contributed by atoms with Crippen molar-refractivity contribution in [3.63, 3.8) is 0 Å². The van der Waals surface area contributed by atoms with Crippen LogP contribution in [-0.2, 0) is 11.3 Å². The van der Waals surface area contributed by atoms with E-state index >= 15 is 0 Å². The zero-order valence-electron chi connectivity index (χ0n) is 7.69. The van der Waals surface area contributed by atoms with E-state index in [1.807, 2.05) is 5.38 Å². The number of nitrogens with zero attached hydrogens (tertiary/aromatic N) is 1. The lowest BCUT2D eigenvalue weighted by Gasteiger charge is -2.10. The average molecular weight is 198 g/mol. The Morgan fingerprint density at radius 3 is 3.00 bits per heavy atom. The van der Waals surface area contributed by atoms with Crippen molar-refractivity contribution in [1.29, 1.82) is 0 Å². The number of aromatic nitrogens is 1. The van der Waals surface area contributed by atoms with Crippen LogP contribution in [0.3, 0.4) is 0 Å². The molecular formula is C9H14N2OS. The van der Waals surface area contributed by atoms with Crippen LogP contribution in [0.4, 0.5) is 0 Å². The molecular weight excluding hydrogens is 184 g/mol. The molecule has 13 heavy (non-hydrogen) atoms. The van der Waals surface area contributed by atoms with Crippen molar-refractivity contribution in [1.82, 2.24) is 4.98 Å². The first kappa shape index (κ1) is 9.12. The molecule has 0 saturated heterocycles.